The van der Waals surface area contributed by atoms with Gasteiger partial charge in [0.25, 0.3) is 5.91 Å². The molecule has 3 rings (SSSR count). The van der Waals surface area contributed by atoms with Gasteiger partial charge in [-0.1, -0.05) is 12.1 Å². The fraction of sp³-hybridized carbons (Fsp3) is 0.316. The summed E-state index contributed by atoms with van der Waals surface area (Å²) in [6, 6.07) is 7.28. The Bertz CT molecular complexity index is 990. The van der Waals surface area contributed by atoms with E-state index in [1.165, 1.54) is 0 Å². The first-order chi connectivity index (χ1) is 12.5. The Kier molecular flexibility index (Phi) is 5.18. The molecule has 2 aromatic heterocycles. The maximum Gasteiger partial charge on any atom is 0.259 e. The summed E-state index contributed by atoms with van der Waals surface area (Å²) in [5, 5.41) is 4.67. The van der Waals surface area contributed by atoms with Crippen LogP contribution in [0.2, 0.25) is 0 Å². The molecule has 0 N–H and O–H groups in total. The lowest BCUT2D eigenvalue weighted by atomic mass is 10.1. The highest BCUT2D eigenvalue weighted by Crippen LogP contribution is 2.13. The molecule has 0 fully saturated rings. The third kappa shape index (κ3) is 3.52. The molecule has 1 amide bonds. The van der Waals surface area contributed by atoms with Gasteiger partial charge in [-0.3, -0.25) is 14.3 Å². The van der Waals surface area contributed by atoms with Gasteiger partial charge in [0, 0.05) is 57.6 Å². The fourth-order valence-electron chi connectivity index (χ4n) is 2.99. The highest BCUT2D eigenvalue weighted by Gasteiger charge is 2.21. The molecule has 7 nitrogen and oxygen atoms in total. The summed E-state index contributed by atoms with van der Waals surface area (Å²) in [5.41, 5.74) is 1.60. The van der Waals surface area contributed by atoms with Crippen molar-refractivity contribution in [3.05, 3.63) is 64.2 Å². The highest BCUT2D eigenvalue weighted by atomic mass is 16.5. The summed E-state index contributed by atoms with van der Waals surface area (Å²) in [5.74, 6) is -0.308. The molecule has 3 aromatic rings. The third-order valence-corrected chi connectivity index (χ3v) is 4.31. The predicted octanol–water partition coefficient (Wildman–Crippen LogP) is 1.56. The molecular weight excluding hydrogens is 332 g/mol. The van der Waals surface area contributed by atoms with Gasteiger partial charge in [-0.2, -0.15) is 5.10 Å². The first-order valence-electron chi connectivity index (χ1n) is 8.35. The SMILES string of the molecule is COCCN(Cc1cnn(C)c1)C(=O)c1cn(C)c2ccccc2c1=O. The highest BCUT2D eigenvalue weighted by molar-refractivity contribution is 5.97. The van der Waals surface area contributed by atoms with E-state index < -0.39 is 0 Å². The molecule has 0 spiro atoms. The third-order valence-electron chi connectivity index (χ3n) is 4.31. The molecular formula is C19H22N4O3. The van der Waals surface area contributed by atoms with Crippen molar-refractivity contribution in [3.8, 4) is 0 Å². The van der Waals surface area contributed by atoms with Gasteiger partial charge in [0.2, 0.25) is 5.43 Å². The summed E-state index contributed by atoms with van der Waals surface area (Å²) in [6.07, 6.45) is 5.17. The number of hydrogen-bond donors (Lipinski definition) is 0. The van der Waals surface area contributed by atoms with Crippen molar-refractivity contribution in [2.24, 2.45) is 14.1 Å². The first kappa shape index (κ1) is 17.9. The summed E-state index contributed by atoms with van der Waals surface area (Å²) in [4.78, 5) is 27.6. The molecule has 0 bridgehead atoms. The van der Waals surface area contributed by atoms with Crippen molar-refractivity contribution in [3.63, 3.8) is 0 Å². The van der Waals surface area contributed by atoms with Crippen LogP contribution in [0.3, 0.4) is 0 Å². The van der Waals surface area contributed by atoms with E-state index in [0.29, 0.717) is 25.1 Å². The molecule has 0 atom stereocenters. The van der Waals surface area contributed by atoms with Crippen LogP contribution in [-0.2, 0) is 25.4 Å². The number of hydrogen-bond acceptors (Lipinski definition) is 4. The number of carbonyl (C=O) groups excluding carboxylic acids is 1. The van der Waals surface area contributed by atoms with Crippen LogP contribution in [0.4, 0.5) is 0 Å². The lowest BCUT2D eigenvalue weighted by Gasteiger charge is -2.22. The van der Waals surface area contributed by atoms with Gasteiger partial charge < -0.3 is 14.2 Å². The van der Waals surface area contributed by atoms with Crippen LogP contribution < -0.4 is 5.43 Å². The summed E-state index contributed by atoms with van der Waals surface area (Å²) >= 11 is 0. The Labute approximate surface area is 151 Å². The molecule has 0 saturated heterocycles. The Balaban J connectivity index is 1.99. The zero-order valence-corrected chi connectivity index (χ0v) is 15.2. The van der Waals surface area contributed by atoms with E-state index in [-0.39, 0.29) is 16.9 Å². The number of ether oxygens (including phenoxy) is 1. The maximum atomic E-state index is 13.1. The zero-order chi connectivity index (χ0) is 18.7. The minimum Gasteiger partial charge on any atom is -0.383 e. The summed E-state index contributed by atoms with van der Waals surface area (Å²) in [7, 11) is 5.24. The number of fused-ring (bicyclic) bond motifs is 1. The Morgan fingerprint density at radius 1 is 1.23 bits per heavy atom. The average Bonchev–Trinajstić information content (AvgIpc) is 3.06. The lowest BCUT2D eigenvalue weighted by molar-refractivity contribution is 0.0678. The van der Waals surface area contributed by atoms with Crippen molar-refractivity contribution in [1.82, 2.24) is 19.2 Å². The number of aromatic nitrogens is 3. The van der Waals surface area contributed by atoms with Gasteiger partial charge in [0.05, 0.1) is 18.3 Å². The number of rotatable bonds is 6. The zero-order valence-electron chi connectivity index (χ0n) is 15.2. The molecule has 0 unspecified atom stereocenters. The maximum absolute atomic E-state index is 13.1. The summed E-state index contributed by atoms with van der Waals surface area (Å²) < 4.78 is 8.62. The second kappa shape index (κ2) is 7.53. The van der Waals surface area contributed by atoms with Gasteiger partial charge in [-0.25, -0.2) is 0 Å². The van der Waals surface area contributed by atoms with Crippen molar-refractivity contribution in [2.45, 2.75) is 6.54 Å². The Morgan fingerprint density at radius 2 is 2.00 bits per heavy atom. The van der Waals surface area contributed by atoms with E-state index >= 15 is 0 Å². The van der Waals surface area contributed by atoms with Gasteiger partial charge in [-0.15, -0.1) is 0 Å². The van der Waals surface area contributed by atoms with Gasteiger partial charge >= 0.3 is 0 Å². The van der Waals surface area contributed by atoms with Gasteiger partial charge in [0.1, 0.15) is 5.56 Å². The molecule has 0 aliphatic rings. The molecule has 0 aliphatic carbocycles. The van der Waals surface area contributed by atoms with E-state index in [2.05, 4.69) is 5.10 Å². The van der Waals surface area contributed by atoms with Crippen LogP contribution in [0.1, 0.15) is 15.9 Å². The minimum absolute atomic E-state index is 0.159. The van der Waals surface area contributed by atoms with Crippen LogP contribution in [0.15, 0.2) is 47.7 Å². The number of aryl methyl sites for hydroxylation is 2. The number of pyridine rings is 1. The smallest absolute Gasteiger partial charge is 0.259 e. The largest absolute Gasteiger partial charge is 0.383 e. The number of nitrogens with zero attached hydrogens (tertiary/aromatic N) is 4. The molecule has 2 heterocycles. The molecule has 0 radical (unpaired) electrons. The topological polar surface area (TPSA) is 69.4 Å². The van der Waals surface area contributed by atoms with Crippen LogP contribution in [0.25, 0.3) is 10.9 Å². The fourth-order valence-corrected chi connectivity index (χ4v) is 2.99. The van der Waals surface area contributed by atoms with E-state index in [0.717, 1.165) is 11.1 Å². The molecule has 7 heteroatoms. The summed E-state index contributed by atoms with van der Waals surface area (Å²) in [6.45, 7) is 1.14. The van der Waals surface area contributed by atoms with E-state index in [9.17, 15) is 9.59 Å². The lowest BCUT2D eigenvalue weighted by Crippen LogP contribution is -2.36. The van der Waals surface area contributed by atoms with E-state index in [1.54, 1.807) is 41.2 Å². The van der Waals surface area contributed by atoms with Crippen molar-refractivity contribution in [1.29, 1.82) is 0 Å². The Morgan fingerprint density at radius 3 is 2.69 bits per heavy atom. The second-order valence-corrected chi connectivity index (χ2v) is 6.24. The number of para-hydroxylation sites is 1. The number of benzene rings is 1. The first-order valence-corrected chi connectivity index (χ1v) is 8.35. The Hall–Kier alpha value is -2.93. The molecule has 136 valence electrons. The van der Waals surface area contributed by atoms with Crippen LogP contribution >= 0.6 is 0 Å². The van der Waals surface area contributed by atoms with Crippen LogP contribution in [-0.4, -0.2) is 45.4 Å². The van der Waals surface area contributed by atoms with Crippen molar-refractivity contribution >= 4 is 16.8 Å². The monoisotopic (exact) mass is 354 g/mol. The average molecular weight is 354 g/mol. The van der Waals surface area contributed by atoms with Crippen LogP contribution in [0, 0.1) is 0 Å². The van der Waals surface area contributed by atoms with E-state index in [4.69, 9.17) is 4.74 Å². The normalized spacial score (nSPS) is 11.0. The second-order valence-electron chi connectivity index (χ2n) is 6.24. The van der Waals surface area contributed by atoms with Crippen molar-refractivity contribution in [2.75, 3.05) is 20.3 Å². The molecule has 1 aromatic carbocycles. The molecule has 0 aliphatic heterocycles. The predicted molar refractivity (Wildman–Crippen MR) is 99.0 cm³/mol. The van der Waals surface area contributed by atoms with Crippen LogP contribution in [0.5, 0.6) is 0 Å². The van der Waals surface area contributed by atoms with Gasteiger partial charge in [-0.05, 0) is 12.1 Å². The van der Waals surface area contributed by atoms with E-state index in [1.807, 2.05) is 37.0 Å². The minimum atomic E-state index is -0.308. The number of amides is 1. The van der Waals surface area contributed by atoms with Gasteiger partial charge in [0.15, 0.2) is 0 Å². The molecule has 26 heavy (non-hydrogen) atoms. The molecule has 0 saturated carbocycles. The van der Waals surface area contributed by atoms with Crippen molar-refractivity contribution < 1.29 is 9.53 Å². The quantitative estimate of drug-likeness (QED) is 0.674. The standard InChI is InChI=1S/C19H22N4O3/c1-21-13-16(18(24)15-6-4-5-7-17(15)21)19(25)23(8-9-26-3)12-14-10-20-22(2)11-14/h4-7,10-11,13H,8-9,12H2,1-3H3. The number of carbonyl (C=O) groups is 1. The number of methoxy groups -OCH3 is 1.